The van der Waals surface area contributed by atoms with E-state index in [0.717, 1.165) is 16.5 Å². The smallest absolute Gasteiger partial charge is 0.314 e. The van der Waals surface area contributed by atoms with Crippen LogP contribution in [0.25, 0.3) is 10.9 Å². The lowest BCUT2D eigenvalue weighted by Crippen LogP contribution is -2.29. The number of nitrogens with zero attached hydrogens (tertiary/aromatic N) is 1. The molecule has 0 aliphatic rings. The predicted molar refractivity (Wildman–Crippen MR) is 94.9 cm³/mol. The van der Waals surface area contributed by atoms with Crippen molar-refractivity contribution in [2.24, 2.45) is 0 Å². The molecule has 0 aliphatic heterocycles. The van der Waals surface area contributed by atoms with E-state index in [9.17, 15) is 9.59 Å². The quantitative estimate of drug-likeness (QED) is 0.711. The molecule has 2 amide bonds. The van der Waals surface area contributed by atoms with Crippen LogP contribution in [-0.2, 0) is 9.59 Å². The SMILES string of the molecule is Cc1cccc(C)c1NC(=O)C(=O)Nc1cccc2cccnc12. The monoisotopic (exact) mass is 319 g/mol. The van der Waals surface area contributed by atoms with E-state index in [1.165, 1.54) is 0 Å². The molecule has 0 saturated carbocycles. The molecule has 2 N–H and O–H groups in total. The summed E-state index contributed by atoms with van der Waals surface area (Å²) in [6.07, 6.45) is 1.65. The number of benzene rings is 2. The van der Waals surface area contributed by atoms with Gasteiger partial charge in [-0.1, -0.05) is 36.4 Å². The van der Waals surface area contributed by atoms with Gasteiger partial charge in [0.05, 0.1) is 11.2 Å². The first kappa shape index (κ1) is 15.7. The Labute approximate surface area is 139 Å². The van der Waals surface area contributed by atoms with Crippen molar-refractivity contribution in [1.29, 1.82) is 0 Å². The van der Waals surface area contributed by atoms with Crippen LogP contribution in [0, 0.1) is 13.8 Å². The molecule has 0 radical (unpaired) electrons. The van der Waals surface area contributed by atoms with Crippen molar-refractivity contribution in [3.8, 4) is 0 Å². The third-order valence-electron chi connectivity index (χ3n) is 3.81. The highest BCUT2D eigenvalue weighted by Crippen LogP contribution is 2.21. The molecule has 1 aromatic heterocycles. The first-order chi connectivity index (χ1) is 11.6. The van der Waals surface area contributed by atoms with Crippen molar-refractivity contribution in [2.75, 3.05) is 10.6 Å². The largest absolute Gasteiger partial charge is 0.317 e. The minimum absolute atomic E-state index is 0.509. The van der Waals surface area contributed by atoms with Crippen LogP contribution in [-0.4, -0.2) is 16.8 Å². The third-order valence-corrected chi connectivity index (χ3v) is 3.81. The molecule has 3 aromatic rings. The van der Waals surface area contributed by atoms with Gasteiger partial charge in [-0.05, 0) is 37.1 Å². The number of hydrogen-bond acceptors (Lipinski definition) is 3. The second-order valence-electron chi connectivity index (χ2n) is 5.56. The average Bonchev–Trinajstić information content (AvgIpc) is 2.58. The van der Waals surface area contributed by atoms with Crippen LogP contribution in [0.2, 0.25) is 0 Å². The fourth-order valence-electron chi connectivity index (χ4n) is 2.57. The second kappa shape index (κ2) is 6.50. The van der Waals surface area contributed by atoms with Crippen molar-refractivity contribution in [3.63, 3.8) is 0 Å². The summed E-state index contributed by atoms with van der Waals surface area (Å²) in [5, 5.41) is 6.20. The molecule has 5 nitrogen and oxygen atoms in total. The normalized spacial score (nSPS) is 10.4. The van der Waals surface area contributed by atoms with Gasteiger partial charge in [0.2, 0.25) is 0 Å². The average molecular weight is 319 g/mol. The first-order valence-electron chi connectivity index (χ1n) is 7.58. The maximum atomic E-state index is 12.2. The number of aromatic nitrogens is 1. The summed E-state index contributed by atoms with van der Waals surface area (Å²) >= 11 is 0. The van der Waals surface area contributed by atoms with Gasteiger partial charge in [0.15, 0.2) is 0 Å². The van der Waals surface area contributed by atoms with Crippen LogP contribution in [0.1, 0.15) is 11.1 Å². The summed E-state index contributed by atoms with van der Waals surface area (Å²) in [5.74, 6) is -1.43. The van der Waals surface area contributed by atoms with Crippen LogP contribution in [0.15, 0.2) is 54.7 Å². The van der Waals surface area contributed by atoms with E-state index in [1.807, 2.05) is 56.3 Å². The fraction of sp³-hybridized carbons (Fsp3) is 0.105. The second-order valence-corrected chi connectivity index (χ2v) is 5.56. The molecule has 2 aromatic carbocycles. The van der Waals surface area contributed by atoms with Crippen LogP contribution in [0.3, 0.4) is 0 Å². The lowest BCUT2D eigenvalue weighted by molar-refractivity contribution is -0.132. The van der Waals surface area contributed by atoms with Gasteiger partial charge in [-0.3, -0.25) is 14.6 Å². The van der Waals surface area contributed by atoms with Crippen LogP contribution in [0.4, 0.5) is 11.4 Å². The summed E-state index contributed by atoms with van der Waals surface area (Å²) in [7, 11) is 0. The minimum atomic E-state index is -0.726. The Morgan fingerprint density at radius 2 is 1.46 bits per heavy atom. The molecule has 0 saturated heterocycles. The number of aryl methyl sites for hydroxylation is 2. The fourth-order valence-corrected chi connectivity index (χ4v) is 2.57. The van der Waals surface area contributed by atoms with Gasteiger partial charge >= 0.3 is 11.8 Å². The molecule has 0 unspecified atom stereocenters. The number of rotatable bonds is 2. The molecular formula is C19H17N3O2. The zero-order chi connectivity index (χ0) is 17.1. The van der Waals surface area contributed by atoms with Crippen LogP contribution < -0.4 is 10.6 Å². The summed E-state index contributed by atoms with van der Waals surface area (Å²) in [4.78, 5) is 28.7. The number of hydrogen-bond donors (Lipinski definition) is 2. The molecule has 0 atom stereocenters. The van der Waals surface area contributed by atoms with E-state index < -0.39 is 11.8 Å². The Hall–Kier alpha value is -3.21. The highest BCUT2D eigenvalue weighted by Gasteiger charge is 2.17. The molecule has 0 bridgehead atoms. The molecule has 120 valence electrons. The lowest BCUT2D eigenvalue weighted by atomic mass is 10.1. The molecule has 5 heteroatoms. The molecule has 0 fully saturated rings. The van der Waals surface area contributed by atoms with E-state index in [-0.39, 0.29) is 0 Å². The lowest BCUT2D eigenvalue weighted by Gasteiger charge is -2.12. The van der Waals surface area contributed by atoms with E-state index in [4.69, 9.17) is 0 Å². The van der Waals surface area contributed by atoms with Crippen LogP contribution in [0.5, 0.6) is 0 Å². The number of pyridine rings is 1. The van der Waals surface area contributed by atoms with Gasteiger partial charge in [0.25, 0.3) is 0 Å². The highest BCUT2D eigenvalue weighted by atomic mass is 16.2. The molecule has 0 spiro atoms. The van der Waals surface area contributed by atoms with Crippen molar-refractivity contribution >= 4 is 34.1 Å². The molecule has 24 heavy (non-hydrogen) atoms. The third kappa shape index (κ3) is 3.10. The standard InChI is InChI=1S/C19H17N3O2/c1-12-6-3-7-13(2)16(12)22-19(24)18(23)21-15-10-4-8-14-9-5-11-20-17(14)15/h3-11H,1-2H3,(H,21,23)(H,22,24). The topological polar surface area (TPSA) is 71.1 Å². The molecular weight excluding hydrogens is 302 g/mol. The van der Waals surface area contributed by atoms with Gasteiger partial charge in [-0.25, -0.2) is 0 Å². The van der Waals surface area contributed by atoms with Crippen LogP contribution >= 0.6 is 0 Å². The number of carbonyl (C=O) groups excluding carboxylic acids is 2. The maximum absolute atomic E-state index is 12.2. The van der Waals surface area contributed by atoms with Gasteiger partial charge in [0.1, 0.15) is 0 Å². The first-order valence-corrected chi connectivity index (χ1v) is 7.58. The number of fused-ring (bicyclic) bond motifs is 1. The molecule has 3 rings (SSSR count). The summed E-state index contributed by atoms with van der Waals surface area (Å²) in [6.45, 7) is 3.77. The number of anilines is 2. The highest BCUT2D eigenvalue weighted by molar-refractivity contribution is 6.44. The predicted octanol–water partition coefficient (Wildman–Crippen LogP) is 3.43. The van der Waals surface area contributed by atoms with E-state index in [0.29, 0.717) is 16.9 Å². The van der Waals surface area contributed by atoms with Crippen molar-refractivity contribution < 1.29 is 9.59 Å². The van der Waals surface area contributed by atoms with Crippen molar-refractivity contribution in [2.45, 2.75) is 13.8 Å². The van der Waals surface area contributed by atoms with Crippen molar-refractivity contribution in [1.82, 2.24) is 4.98 Å². The Balaban J connectivity index is 1.80. The van der Waals surface area contributed by atoms with E-state index in [1.54, 1.807) is 12.3 Å². The Morgan fingerprint density at radius 3 is 2.21 bits per heavy atom. The van der Waals surface area contributed by atoms with Gasteiger partial charge in [-0.15, -0.1) is 0 Å². The summed E-state index contributed by atoms with van der Waals surface area (Å²) in [6, 6.07) is 14.8. The van der Waals surface area contributed by atoms with Crippen molar-refractivity contribution in [3.05, 3.63) is 65.9 Å². The Bertz CT molecular complexity index is 909. The molecule has 1 heterocycles. The number of para-hydroxylation sites is 2. The Morgan fingerprint density at radius 1 is 0.833 bits per heavy atom. The van der Waals surface area contributed by atoms with Gasteiger partial charge in [0, 0.05) is 17.3 Å². The number of carbonyl (C=O) groups is 2. The molecule has 0 aliphatic carbocycles. The number of amides is 2. The van der Waals surface area contributed by atoms with Gasteiger partial charge in [-0.2, -0.15) is 0 Å². The van der Waals surface area contributed by atoms with Gasteiger partial charge < -0.3 is 10.6 Å². The van der Waals surface area contributed by atoms with E-state index >= 15 is 0 Å². The summed E-state index contributed by atoms with van der Waals surface area (Å²) in [5.41, 5.74) is 3.63. The maximum Gasteiger partial charge on any atom is 0.314 e. The van der Waals surface area contributed by atoms with E-state index in [2.05, 4.69) is 15.6 Å². The summed E-state index contributed by atoms with van der Waals surface area (Å²) < 4.78 is 0. The minimum Gasteiger partial charge on any atom is -0.317 e. The number of nitrogens with one attached hydrogen (secondary N) is 2. The Kier molecular flexibility index (Phi) is 4.24. The zero-order valence-corrected chi connectivity index (χ0v) is 13.5. The zero-order valence-electron chi connectivity index (χ0n) is 13.5.